The first-order valence-electron chi connectivity index (χ1n) is 35.0. The lowest BCUT2D eigenvalue weighted by Crippen LogP contribution is -2.49. The molecule has 0 unspecified atom stereocenters. The van der Waals surface area contributed by atoms with Gasteiger partial charge >= 0.3 is 0 Å². The molecule has 3 fully saturated rings. The second-order valence-corrected chi connectivity index (χ2v) is 27.1. The topological polar surface area (TPSA) is 303 Å². The fraction of sp³-hybridized carbons (Fsp3) is 0.320. The minimum absolute atomic E-state index is 0.0860. The van der Waals surface area contributed by atoms with Gasteiger partial charge in [0.05, 0.1) is 154 Å². The zero-order valence-corrected chi connectivity index (χ0v) is 57.1. The molecule has 0 bridgehead atoms. The molecule has 0 saturated carbocycles. The first kappa shape index (κ1) is 66.1. The molecule has 27 nitrogen and oxygen atoms in total. The van der Waals surface area contributed by atoms with Crippen molar-refractivity contribution in [1.29, 1.82) is 0 Å². The number of halogens is 1. The van der Waals surface area contributed by atoms with Crippen LogP contribution in [0, 0.1) is 5.82 Å². The summed E-state index contributed by atoms with van der Waals surface area (Å²) >= 11 is 0. The van der Waals surface area contributed by atoms with Gasteiger partial charge in [0.15, 0.2) is 0 Å². The number of amides is 3. The molecular weight excluding hydrogens is 1310 g/mol. The highest BCUT2D eigenvalue weighted by atomic mass is 19.1. The van der Waals surface area contributed by atoms with Gasteiger partial charge in [-0.2, -0.15) is 10.2 Å². The van der Waals surface area contributed by atoms with Crippen LogP contribution in [-0.2, 0) is 37.3 Å². The van der Waals surface area contributed by atoms with Gasteiger partial charge in [0.25, 0.3) is 17.7 Å². The van der Waals surface area contributed by atoms with Gasteiger partial charge in [0.2, 0.25) is 0 Å². The third kappa shape index (κ3) is 13.5. The summed E-state index contributed by atoms with van der Waals surface area (Å²) in [4.78, 5) is 74.5. The van der Waals surface area contributed by atoms with Crippen molar-refractivity contribution >= 4 is 80.5 Å². The number of aromatic nitrogens is 11. The van der Waals surface area contributed by atoms with E-state index in [1.165, 1.54) is 17.8 Å². The Bertz CT molecular complexity index is 5000. The van der Waals surface area contributed by atoms with Crippen LogP contribution in [0.15, 0.2) is 141 Å². The average Bonchev–Trinajstić information content (AvgIpc) is 1.65. The number of rotatable bonds is 14. The number of fused-ring (bicyclic) bond motifs is 6. The lowest BCUT2D eigenvalue weighted by molar-refractivity contribution is -0.00540. The molecule has 0 aliphatic carbocycles. The van der Waals surface area contributed by atoms with Crippen LogP contribution < -0.4 is 46.6 Å². The quantitative estimate of drug-likeness (QED) is 0.0505. The average molecular weight is 1390 g/mol. The molecule has 0 spiro atoms. The Kier molecular flexibility index (Phi) is 18.1. The number of aliphatic hydroxyl groups excluding tert-OH is 1. The minimum Gasteiger partial charge on any atom is -0.393 e. The number of carbonyl (C=O) groups is 3. The van der Waals surface area contributed by atoms with Crippen LogP contribution in [0.4, 0.5) is 56.0 Å². The fourth-order valence-corrected chi connectivity index (χ4v) is 14.9. The number of carbonyl (C=O) groups excluding carboxylic acids is 3. The highest BCUT2D eigenvalue weighted by Gasteiger charge is 2.35. The van der Waals surface area contributed by atoms with E-state index in [9.17, 15) is 29.0 Å². The smallest absolute Gasteiger partial charge is 0.254 e. The Labute approximate surface area is 592 Å². The van der Waals surface area contributed by atoms with Crippen LogP contribution in [0.5, 0.6) is 0 Å². The molecule has 103 heavy (non-hydrogen) atoms. The summed E-state index contributed by atoms with van der Waals surface area (Å²) in [7, 11) is 3.96. The zero-order valence-electron chi connectivity index (χ0n) is 57.1. The molecule has 8 N–H and O–H groups in total. The molecule has 7 aliphatic heterocycles. The molecule has 3 saturated heterocycles. The van der Waals surface area contributed by atoms with Crippen molar-refractivity contribution in [3.63, 3.8) is 0 Å². The number of imidazole rings is 1. The second-order valence-electron chi connectivity index (χ2n) is 27.1. The van der Waals surface area contributed by atoms with Crippen molar-refractivity contribution in [1.82, 2.24) is 74.5 Å². The number of likely N-dealkylation sites (N-methyl/N-ethyl adjacent to an activating group) is 1. The molecule has 526 valence electrons. The van der Waals surface area contributed by atoms with Crippen molar-refractivity contribution in [2.45, 2.75) is 82.8 Å². The Morgan fingerprint density at radius 3 is 1.81 bits per heavy atom. The van der Waals surface area contributed by atoms with Crippen LogP contribution in [0.3, 0.4) is 0 Å². The van der Waals surface area contributed by atoms with Crippen molar-refractivity contribution in [3.05, 3.63) is 186 Å². The normalized spacial score (nSPS) is 16.8. The second kappa shape index (κ2) is 28.2. The van der Waals surface area contributed by atoms with Gasteiger partial charge in [-0.05, 0) is 131 Å². The molecule has 18 rings (SSSR count). The van der Waals surface area contributed by atoms with Crippen LogP contribution in [-0.4, -0.2) is 171 Å². The summed E-state index contributed by atoms with van der Waals surface area (Å²) in [6.45, 7) is 9.27. The molecule has 28 heteroatoms. The van der Waals surface area contributed by atoms with Crippen molar-refractivity contribution < 1.29 is 33.7 Å². The lowest BCUT2D eigenvalue weighted by atomic mass is 9.91. The number of benzene rings is 1. The Morgan fingerprint density at radius 1 is 0.583 bits per heavy atom. The standard InChI is InChI=1S/C28H30FN7O2.C24H23N7O2.C23H25N7O2/c1-34(2)17-28(38)8-11-35(12-9-28)19-3-6-24(30-14-19)33-22-5-4-20(21-15-32-27(37)26(21)22)23-16-31-25-13-18(29)7-10-36(23)25;32-17-7-10-30(11-8-17)16-4-5-21(25-12-16)29-19-14-26-23(18-13-27-24(33)22(18)19)20-3-1-2-15-6-9-28-31(15)20;31-23-21-17(12-26-23)22(16-13-27-30-6-2-1-3-19(16)30)25-14-18(21)28-20-5-4-15(11-24-20)29-7-9-32-10-8-29/h3-7,10,13-14,16,38H,8-9,11-12,15,17H2,1-2H3,(H,30,33)(H,32,37);1-6,9,12,14,17,32H,7-8,10-11,13H2,(H,25,29)(H,27,33);4-5,11,13-14H,1-3,6-10,12H2,(H,24,28)(H,26,31). The number of aryl methyl sites for hydroxylation is 1. The number of piperidine rings is 2. The van der Waals surface area contributed by atoms with Gasteiger partial charge in [-0.1, -0.05) is 12.1 Å². The van der Waals surface area contributed by atoms with E-state index in [2.05, 4.69) is 81.4 Å². The van der Waals surface area contributed by atoms with Crippen molar-refractivity contribution in [2.75, 3.05) is 104 Å². The van der Waals surface area contributed by atoms with Gasteiger partial charge in [-0.25, -0.2) is 28.8 Å². The van der Waals surface area contributed by atoms with Crippen LogP contribution in [0.1, 0.15) is 92.0 Å². The number of anilines is 9. The number of pyridine rings is 7. The number of nitrogens with one attached hydrogen (secondary N) is 6. The number of nitrogens with zero attached hydrogens (tertiary/aromatic N) is 15. The van der Waals surface area contributed by atoms with Crippen LogP contribution >= 0.6 is 0 Å². The Morgan fingerprint density at radius 2 is 1.17 bits per heavy atom. The van der Waals surface area contributed by atoms with E-state index in [1.54, 1.807) is 31.0 Å². The Balaban J connectivity index is 0.000000120. The van der Waals surface area contributed by atoms with Gasteiger partial charge in [0.1, 0.15) is 28.9 Å². The van der Waals surface area contributed by atoms with E-state index in [4.69, 9.17) is 14.7 Å². The lowest BCUT2D eigenvalue weighted by Gasteiger charge is -2.40. The maximum atomic E-state index is 13.6. The summed E-state index contributed by atoms with van der Waals surface area (Å²) in [6.07, 6.45) is 22.0. The highest BCUT2D eigenvalue weighted by molar-refractivity contribution is 6.07. The largest absolute Gasteiger partial charge is 0.393 e. The van der Waals surface area contributed by atoms with E-state index in [1.807, 2.05) is 125 Å². The maximum Gasteiger partial charge on any atom is 0.254 e. The van der Waals surface area contributed by atoms with E-state index < -0.39 is 5.60 Å². The van der Waals surface area contributed by atoms with Crippen molar-refractivity contribution in [2.24, 2.45) is 0 Å². The molecule has 11 aromatic rings. The number of morpholine rings is 1. The molecule has 3 amide bonds. The van der Waals surface area contributed by atoms with Crippen LogP contribution in [0.2, 0.25) is 0 Å². The molecule has 7 aliphatic rings. The van der Waals surface area contributed by atoms with E-state index in [-0.39, 0.29) is 29.6 Å². The maximum absolute atomic E-state index is 13.6. The van der Waals surface area contributed by atoms with Crippen LogP contribution in [0.25, 0.3) is 45.1 Å². The summed E-state index contributed by atoms with van der Waals surface area (Å²) in [5.41, 5.74) is 16.7. The molecular formula is C75H78FN21O6. The highest BCUT2D eigenvalue weighted by Crippen LogP contribution is 2.40. The predicted molar refractivity (Wildman–Crippen MR) is 389 cm³/mol. The first-order chi connectivity index (χ1) is 50.2. The summed E-state index contributed by atoms with van der Waals surface area (Å²) < 4.78 is 24.8. The molecule has 17 heterocycles. The van der Waals surface area contributed by atoms with Gasteiger partial charge < -0.3 is 66.5 Å². The monoisotopic (exact) mass is 1390 g/mol. The summed E-state index contributed by atoms with van der Waals surface area (Å²) in [5, 5.41) is 48.2. The molecule has 10 aromatic heterocycles. The third-order valence-electron chi connectivity index (χ3n) is 20.2. The number of ether oxygens (including phenoxy) is 1. The molecule has 0 radical (unpaired) electrons. The summed E-state index contributed by atoms with van der Waals surface area (Å²) in [6, 6.07) is 26.2. The van der Waals surface area contributed by atoms with E-state index >= 15 is 0 Å². The minimum atomic E-state index is -0.651. The number of aliphatic hydroxyl groups is 2. The van der Waals surface area contributed by atoms with Gasteiger partial charge in [-0.15, -0.1) is 0 Å². The Hall–Kier alpha value is -11.5. The van der Waals surface area contributed by atoms with E-state index in [0.717, 1.165) is 164 Å². The van der Waals surface area contributed by atoms with Crippen molar-refractivity contribution in [3.8, 4) is 33.9 Å². The predicted octanol–water partition coefficient (Wildman–Crippen LogP) is 8.65. The number of hydrogen-bond donors (Lipinski definition) is 8. The van der Waals surface area contributed by atoms with Gasteiger partial charge in [0, 0.05) is 112 Å². The van der Waals surface area contributed by atoms with Gasteiger partial charge in [-0.3, -0.25) is 33.4 Å². The SMILES string of the molecule is CN(C)CC1(O)CCN(c2ccc(Nc3ccc(-c4cnc5cc(F)ccn45)c4c3C(=O)NC4)nc2)CC1.O=C1NCc2c(-c3cccc4ccnn34)ncc(Nc3ccc(N4CCC(O)CC4)cn3)c21.O=C1NCc2c(-c3cnn4c3CCCC4)ncc(Nc3ccc(N4CCOCC4)cn3)c21. The van der Waals surface area contributed by atoms with E-state index in [0.29, 0.717) is 95.9 Å². The first-order valence-corrected chi connectivity index (χ1v) is 35.0. The number of hydrogen-bond acceptors (Lipinski definition) is 21. The molecule has 1 aromatic carbocycles. The molecule has 0 atom stereocenters. The fourth-order valence-electron chi connectivity index (χ4n) is 14.9. The zero-order chi connectivity index (χ0) is 70.3. The summed E-state index contributed by atoms with van der Waals surface area (Å²) in [5.74, 6) is 1.24. The third-order valence-corrected chi connectivity index (χ3v) is 20.2.